The number of nitrogens with two attached hydrogens (primary N) is 1. The third kappa shape index (κ3) is 3.00. The fraction of sp³-hybridized carbons (Fsp3) is 0.143. The first-order chi connectivity index (χ1) is 9.26. The van der Waals surface area contributed by atoms with Crippen molar-refractivity contribution < 1.29 is 4.74 Å². The molecule has 96 valence electrons. The molecule has 0 atom stereocenters. The molecule has 5 heteroatoms. The second-order valence-corrected chi connectivity index (χ2v) is 3.89. The number of pyridine rings is 1. The zero-order valence-electron chi connectivity index (χ0n) is 10.6. The van der Waals surface area contributed by atoms with Gasteiger partial charge >= 0.3 is 0 Å². The summed E-state index contributed by atoms with van der Waals surface area (Å²) in [5.74, 6) is 0.924. The van der Waals surface area contributed by atoms with Crippen LogP contribution >= 0.6 is 0 Å². The second-order valence-electron chi connectivity index (χ2n) is 3.89. The van der Waals surface area contributed by atoms with Gasteiger partial charge in [0.2, 0.25) is 5.88 Å². The lowest BCUT2D eigenvalue weighted by Gasteiger charge is -2.09. The predicted molar refractivity (Wildman–Crippen MR) is 73.1 cm³/mol. The molecule has 0 aliphatic heterocycles. The van der Waals surface area contributed by atoms with Crippen molar-refractivity contribution >= 4 is 11.5 Å². The number of benzene rings is 1. The first-order valence-corrected chi connectivity index (χ1v) is 5.78. The molecule has 2 rings (SSSR count). The van der Waals surface area contributed by atoms with Gasteiger partial charge in [-0.2, -0.15) is 10.2 Å². The highest BCUT2D eigenvalue weighted by atomic mass is 16.5. The molecule has 0 saturated carbocycles. The molecule has 0 unspecified atom stereocenters. The van der Waals surface area contributed by atoms with Crippen LogP contribution in [0.3, 0.4) is 0 Å². The van der Waals surface area contributed by atoms with Crippen LogP contribution in [0.25, 0.3) is 0 Å². The van der Waals surface area contributed by atoms with Crippen molar-refractivity contribution in [3.8, 4) is 11.9 Å². The van der Waals surface area contributed by atoms with Crippen LogP contribution in [0.15, 0.2) is 36.4 Å². The molecule has 0 bridgehead atoms. The smallest absolute Gasteiger partial charge is 0.214 e. The average Bonchev–Trinajstić information content (AvgIpc) is 2.47. The van der Waals surface area contributed by atoms with Crippen molar-refractivity contribution in [1.29, 1.82) is 5.26 Å². The molecule has 1 aromatic heterocycles. The molecule has 1 aromatic carbocycles. The summed E-state index contributed by atoms with van der Waals surface area (Å²) in [6.07, 6.45) is 0. The maximum absolute atomic E-state index is 9.07. The largest absolute Gasteiger partial charge is 0.481 e. The number of hydrogen-bond donors (Lipinski definition) is 2. The minimum Gasteiger partial charge on any atom is -0.481 e. The Labute approximate surface area is 111 Å². The van der Waals surface area contributed by atoms with E-state index in [9.17, 15) is 0 Å². The van der Waals surface area contributed by atoms with Gasteiger partial charge in [0.1, 0.15) is 6.07 Å². The summed E-state index contributed by atoms with van der Waals surface area (Å²) in [4.78, 5) is 4.23. The highest BCUT2D eigenvalue weighted by Gasteiger charge is 2.06. The number of anilines is 2. The molecule has 0 aliphatic carbocycles. The molecule has 0 amide bonds. The molecule has 0 radical (unpaired) electrons. The topological polar surface area (TPSA) is 84.0 Å². The van der Waals surface area contributed by atoms with Crippen LogP contribution in [-0.2, 0) is 6.54 Å². The van der Waals surface area contributed by atoms with E-state index in [1.807, 2.05) is 24.3 Å². The van der Waals surface area contributed by atoms with Crippen LogP contribution < -0.4 is 15.8 Å². The summed E-state index contributed by atoms with van der Waals surface area (Å²) in [6.45, 7) is 0.464. The molecular weight excluding hydrogens is 240 g/mol. The van der Waals surface area contributed by atoms with Crippen LogP contribution in [0.5, 0.6) is 5.88 Å². The summed E-state index contributed by atoms with van der Waals surface area (Å²) in [7, 11) is 1.53. The predicted octanol–water partition coefficient (Wildman–Crippen LogP) is 2.16. The van der Waals surface area contributed by atoms with Gasteiger partial charge in [0, 0.05) is 18.3 Å². The summed E-state index contributed by atoms with van der Waals surface area (Å²) >= 11 is 0. The van der Waals surface area contributed by atoms with Gasteiger partial charge in [0.05, 0.1) is 12.7 Å². The Morgan fingerprint density at radius 2 is 2.21 bits per heavy atom. The Balaban J connectivity index is 2.33. The molecule has 19 heavy (non-hydrogen) atoms. The van der Waals surface area contributed by atoms with Crippen LogP contribution in [0.4, 0.5) is 11.5 Å². The molecule has 1 heterocycles. The van der Waals surface area contributed by atoms with Crippen molar-refractivity contribution in [3.63, 3.8) is 0 Å². The minimum absolute atomic E-state index is 0.455. The Morgan fingerprint density at radius 3 is 2.89 bits per heavy atom. The Bertz CT molecular complexity index is 619. The maximum atomic E-state index is 9.07. The van der Waals surface area contributed by atoms with E-state index >= 15 is 0 Å². The zero-order chi connectivity index (χ0) is 13.7. The van der Waals surface area contributed by atoms with Gasteiger partial charge < -0.3 is 15.8 Å². The van der Waals surface area contributed by atoms with Gasteiger partial charge in [-0.1, -0.05) is 12.1 Å². The molecule has 2 aromatic rings. The number of ether oxygens (including phenoxy) is 1. The van der Waals surface area contributed by atoms with Gasteiger partial charge in [-0.3, -0.25) is 0 Å². The number of nitriles is 1. The lowest BCUT2D eigenvalue weighted by atomic mass is 10.2. The van der Waals surface area contributed by atoms with E-state index in [0.717, 1.165) is 11.3 Å². The van der Waals surface area contributed by atoms with E-state index in [1.54, 1.807) is 12.1 Å². The monoisotopic (exact) mass is 254 g/mol. The van der Waals surface area contributed by atoms with Crippen LogP contribution in [0, 0.1) is 11.3 Å². The highest BCUT2D eigenvalue weighted by Crippen LogP contribution is 2.22. The first-order valence-electron chi connectivity index (χ1n) is 5.78. The molecule has 0 saturated heterocycles. The molecular formula is C14H14N4O. The molecule has 0 spiro atoms. The fourth-order valence-electron chi connectivity index (χ4n) is 1.65. The summed E-state index contributed by atoms with van der Waals surface area (Å²) in [5, 5.41) is 12.2. The number of aromatic nitrogens is 1. The lowest BCUT2D eigenvalue weighted by Crippen LogP contribution is -2.01. The number of nitrogens with zero attached hydrogens (tertiary/aromatic N) is 2. The third-order valence-corrected chi connectivity index (χ3v) is 2.62. The Morgan fingerprint density at radius 1 is 1.37 bits per heavy atom. The van der Waals surface area contributed by atoms with Crippen molar-refractivity contribution in [1.82, 2.24) is 4.98 Å². The average molecular weight is 254 g/mol. The van der Waals surface area contributed by atoms with E-state index in [4.69, 9.17) is 15.7 Å². The lowest BCUT2D eigenvalue weighted by molar-refractivity contribution is 0.398. The van der Waals surface area contributed by atoms with Gasteiger partial charge in [-0.25, -0.2) is 0 Å². The second kappa shape index (κ2) is 5.85. The normalized spacial score (nSPS) is 9.74. The van der Waals surface area contributed by atoms with Gasteiger partial charge in [0.15, 0.2) is 5.82 Å². The van der Waals surface area contributed by atoms with Crippen molar-refractivity contribution in [2.24, 2.45) is 5.73 Å². The number of hydrogen-bond acceptors (Lipinski definition) is 5. The highest BCUT2D eigenvalue weighted by molar-refractivity contribution is 5.63. The van der Waals surface area contributed by atoms with Crippen LogP contribution in [-0.4, -0.2) is 12.1 Å². The minimum atomic E-state index is 0.455. The van der Waals surface area contributed by atoms with E-state index in [1.165, 1.54) is 7.11 Å². The van der Waals surface area contributed by atoms with Crippen molar-refractivity contribution in [2.45, 2.75) is 6.54 Å². The van der Waals surface area contributed by atoms with Gasteiger partial charge in [0.25, 0.3) is 0 Å². The zero-order valence-corrected chi connectivity index (χ0v) is 10.6. The van der Waals surface area contributed by atoms with Crippen LogP contribution in [0.1, 0.15) is 11.1 Å². The van der Waals surface area contributed by atoms with E-state index in [2.05, 4.69) is 16.4 Å². The molecule has 5 nitrogen and oxygen atoms in total. The fourth-order valence-corrected chi connectivity index (χ4v) is 1.65. The van der Waals surface area contributed by atoms with E-state index in [-0.39, 0.29) is 0 Å². The number of rotatable bonds is 4. The number of methoxy groups -OCH3 is 1. The summed E-state index contributed by atoms with van der Waals surface area (Å²) in [5.41, 5.74) is 7.89. The van der Waals surface area contributed by atoms with Gasteiger partial charge in [-0.15, -0.1) is 0 Å². The molecule has 0 fully saturated rings. The Hall–Kier alpha value is -2.58. The third-order valence-electron chi connectivity index (χ3n) is 2.62. The Kier molecular flexibility index (Phi) is 3.96. The SMILES string of the molecule is COc1ccc(C#N)c(Nc2cccc(CN)c2)n1. The maximum Gasteiger partial charge on any atom is 0.214 e. The number of nitrogens with one attached hydrogen (secondary N) is 1. The first kappa shape index (κ1) is 12.9. The molecule has 3 N–H and O–H groups in total. The molecule has 0 aliphatic rings. The summed E-state index contributed by atoms with van der Waals surface area (Å²) < 4.78 is 5.06. The van der Waals surface area contributed by atoms with Crippen LogP contribution in [0.2, 0.25) is 0 Å². The van der Waals surface area contributed by atoms with Crippen molar-refractivity contribution in [3.05, 3.63) is 47.5 Å². The quantitative estimate of drug-likeness (QED) is 0.873. The van der Waals surface area contributed by atoms with E-state index < -0.39 is 0 Å². The standard InChI is InChI=1S/C14H14N4O/c1-19-13-6-5-11(9-16)14(18-13)17-12-4-2-3-10(7-12)8-15/h2-7H,8,15H2,1H3,(H,17,18). The van der Waals surface area contributed by atoms with Gasteiger partial charge in [-0.05, 0) is 23.8 Å². The van der Waals surface area contributed by atoms with E-state index in [0.29, 0.717) is 23.8 Å². The summed E-state index contributed by atoms with van der Waals surface area (Å²) in [6, 6.07) is 13.1. The van der Waals surface area contributed by atoms with Crippen molar-refractivity contribution in [2.75, 3.05) is 12.4 Å².